The predicted octanol–water partition coefficient (Wildman–Crippen LogP) is 2.08. The second-order valence-corrected chi connectivity index (χ2v) is 4.58. The number of imidazole rings is 1. The third-order valence-electron chi connectivity index (χ3n) is 3.48. The van der Waals surface area contributed by atoms with Crippen molar-refractivity contribution in [3.63, 3.8) is 0 Å². The van der Waals surface area contributed by atoms with Gasteiger partial charge in [-0.05, 0) is 13.5 Å². The molecule has 1 aliphatic rings. The van der Waals surface area contributed by atoms with E-state index in [0.29, 0.717) is 6.04 Å². The van der Waals surface area contributed by atoms with Crippen molar-refractivity contribution in [3.8, 4) is 11.3 Å². The zero-order valence-corrected chi connectivity index (χ0v) is 10.1. The van der Waals surface area contributed by atoms with Gasteiger partial charge >= 0.3 is 0 Å². The molecule has 0 aliphatic carbocycles. The van der Waals surface area contributed by atoms with Crippen LogP contribution in [0.25, 0.3) is 11.3 Å². The van der Waals surface area contributed by atoms with Crippen LogP contribution >= 0.6 is 0 Å². The van der Waals surface area contributed by atoms with Crippen LogP contribution in [0.5, 0.6) is 0 Å². The molecule has 0 saturated heterocycles. The topological polar surface area (TPSA) is 29.9 Å². The van der Waals surface area contributed by atoms with Gasteiger partial charge in [0.05, 0.1) is 5.69 Å². The van der Waals surface area contributed by atoms with Gasteiger partial charge in [0.1, 0.15) is 5.82 Å². The third-order valence-corrected chi connectivity index (χ3v) is 3.48. The van der Waals surface area contributed by atoms with E-state index >= 15 is 0 Å². The lowest BCUT2D eigenvalue weighted by Crippen LogP contribution is -2.33. The van der Waals surface area contributed by atoms with E-state index in [0.717, 1.165) is 18.7 Å². The quantitative estimate of drug-likeness (QED) is 0.851. The van der Waals surface area contributed by atoms with Crippen molar-refractivity contribution in [3.05, 3.63) is 42.4 Å². The van der Waals surface area contributed by atoms with Gasteiger partial charge in [-0.25, -0.2) is 4.98 Å². The predicted molar refractivity (Wildman–Crippen MR) is 68.8 cm³/mol. The molecule has 0 spiro atoms. The number of aromatic nitrogens is 2. The van der Waals surface area contributed by atoms with Crippen molar-refractivity contribution in [2.24, 2.45) is 0 Å². The monoisotopic (exact) mass is 227 g/mol. The van der Waals surface area contributed by atoms with E-state index in [1.807, 2.05) is 13.1 Å². The number of hydrogen-bond donors (Lipinski definition) is 1. The molecule has 1 aromatic heterocycles. The summed E-state index contributed by atoms with van der Waals surface area (Å²) in [5.41, 5.74) is 2.30. The van der Waals surface area contributed by atoms with Crippen LogP contribution in [-0.4, -0.2) is 22.6 Å². The van der Waals surface area contributed by atoms with Crippen LogP contribution in [-0.2, 0) is 13.0 Å². The maximum absolute atomic E-state index is 4.74. The minimum atomic E-state index is 0.577. The largest absolute Gasteiger partial charge is 0.334 e. The SMILES string of the molecule is CNC1CCn2cc(-c3ccccc3)nc2C1. The molecule has 3 rings (SSSR count). The van der Waals surface area contributed by atoms with E-state index in [9.17, 15) is 0 Å². The molecule has 1 aromatic carbocycles. The molecule has 0 bridgehead atoms. The molecule has 0 fully saturated rings. The fraction of sp³-hybridized carbons (Fsp3) is 0.357. The highest BCUT2D eigenvalue weighted by Crippen LogP contribution is 2.22. The average molecular weight is 227 g/mol. The maximum Gasteiger partial charge on any atom is 0.110 e. The van der Waals surface area contributed by atoms with Crippen molar-refractivity contribution in [2.45, 2.75) is 25.4 Å². The molecule has 3 heteroatoms. The van der Waals surface area contributed by atoms with Gasteiger partial charge in [-0.15, -0.1) is 0 Å². The smallest absolute Gasteiger partial charge is 0.110 e. The fourth-order valence-electron chi connectivity index (χ4n) is 2.42. The highest BCUT2D eigenvalue weighted by atomic mass is 15.1. The van der Waals surface area contributed by atoms with Gasteiger partial charge in [0.25, 0.3) is 0 Å². The number of nitrogens with zero attached hydrogens (tertiary/aromatic N) is 2. The van der Waals surface area contributed by atoms with E-state index in [-0.39, 0.29) is 0 Å². The van der Waals surface area contributed by atoms with Crippen molar-refractivity contribution in [1.82, 2.24) is 14.9 Å². The summed E-state index contributed by atoms with van der Waals surface area (Å²) in [4.78, 5) is 4.74. The molecular formula is C14H17N3. The molecule has 0 saturated carbocycles. The first-order chi connectivity index (χ1) is 8.36. The summed E-state index contributed by atoms with van der Waals surface area (Å²) >= 11 is 0. The van der Waals surface area contributed by atoms with Crippen LogP contribution in [0.1, 0.15) is 12.2 Å². The molecule has 2 aromatic rings. The minimum absolute atomic E-state index is 0.577. The van der Waals surface area contributed by atoms with Crippen LogP contribution in [0.2, 0.25) is 0 Å². The second-order valence-electron chi connectivity index (χ2n) is 4.58. The van der Waals surface area contributed by atoms with E-state index in [2.05, 4.69) is 40.3 Å². The van der Waals surface area contributed by atoms with Gasteiger partial charge in [-0.2, -0.15) is 0 Å². The molecule has 88 valence electrons. The van der Waals surface area contributed by atoms with E-state index in [1.165, 1.54) is 17.8 Å². The molecule has 1 unspecified atom stereocenters. The van der Waals surface area contributed by atoms with Crippen LogP contribution in [0.4, 0.5) is 0 Å². The molecular weight excluding hydrogens is 210 g/mol. The number of aryl methyl sites for hydroxylation is 1. The molecule has 0 amide bonds. The van der Waals surface area contributed by atoms with Gasteiger partial charge in [-0.1, -0.05) is 30.3 Å². The van der Waals surface area contributed by atoms with Gasteiger partial charge in [0.2, 0.25) is 0 Å². The zero-order valence-electron chi connectivity index (χ0n) is 10.1. The highest BCUT2D eigenvalue weighted by molar-refractivity contribution is 5.58. The van der Waals surface area contributed by atoms with Gasteiger partial charge in [-0.3, -0.25) is 0 Å². The van der Waals surface area contributed by atoms with Gasteiger partial charge < -0.3 is 9.88 Å². The van der Waals surface area contributed by atoms with E-state index in [4.69, 9.17) is 4.98 Å². The summed E-state index contributed by atoms with van der Waals surface area (Å²) in [6, 6.07) is 11.0. The number of rotatable bonds is 2. The number of hydrogen-bond acceptors (Lipinski definition) is 2. The molecule has 2 heterocycles. The van der Waals surface area contributed by atoms with Crippen molar-refractivity contribution in [1.29, 1.82) is 0 Å². The van der Waals surface area contributed by atoms with Crippen LogP contribution < -0.4 is 5.32 Å². The fourth-order valence-corrected chi connectivity index (χ4v) is 2.42. The second kappa shape index (κ2) is 4.34. The van der Waals surface area contributed by atoms with Crippen LogP contribution in [0, 0.1) is 0 Å². The molecule has 1 aliphatic heterocycles. The Kier molecular flexibility index (Phi) is 2.69. The lowest BCUT2D eigenvalue weighted by Gasteiger charge is -2.22. The molecule has 1 N–H and O–H groups in total. The molecule has 3 nitrogen and oxygen atoms in total. The summed E-state index contributed by atoms with van der Waals surface area (Å²) in [7, 11) is 2.03. The maximum atomic E-state index is 4.74. The Morgan fingerprint density at radius 2 is 2.12 bits per heavy atom. The van der Waals surface area contributed by atoms with Crippen molar-refractivity contribution >= 4 is 0 Å². The van der Waals surface area contributed by atoms with Crippen molar-refractivity contribution < 1.29 is 0 Å². The standard InChI is InChI=1S/C14H17N3/c1-15-12-7-8-17-10-13(16-14(17)9-12)11-5-3-2-4-6-11/h2-6,10,12,15H,7-9H2,1H3. The Labute approximate surface area is 101 Å². The summed E-state index contributed by atoms with van der Waals surface area (Å²) < 4.78 is 2.29. The third kappa shape index (κ3) is 1.98. The van der Waals surface area contributed by atoms with Gasteiger partial charge in [0, 0.05) is 30.8 Å². The minimum Gasteiger partial charge on any atom is -0.334 e. The molecule has 1 atom stereocenters. The Morgan fingerprint density at radius 3 is 2.88 bits per heavy atom. The van der Waals surface area contributed by atoms with Crippen LogP contribution in [0.3, 0.4) is 0 Å². The number of fused-ring (bicyclic) bond motifs is 1. The average Bonchev–Trinajstić information content (AvgIpc) is 2.82. The van der Waals surface area contributed by atoms with Crippen LogP contribution in [0.15, 0.2) is 36.5 Å². The summed E-state index contributed by atoms with van der Waals surface area (Å²) in [6.07, 6.45) is 4.40. The summed E-state index contributed by atoms with van der Waals surface area (Å²) in [5.74, 6) is 1.20. The van der Waals surface area contributed by atoms with E-state index in [1.54, 1.807) is 0 Å². The lowest BCUT2D eigenvalue weighted by atomic mass is 10.1. The Balaban J connectivity index is 1.93. The number of benzene rings is 1. The number of nitrogens with one attached hydrogen (secondary N) is 1. The van der Waals surface area contributed by atoms with Crippen molar-refractivity contribution in [2.75, 3.05) is 7.05 Å². The lowest BCUT2D eigenvalue weighted by molar-refractivity contribution is 0.416. The summed E-state index contributed by atoms with van der Waals surface area (Å²) in [5, 5.41) is 3.34. The Morgan fingerprint density at radius 1 is 1.29 bits per heavy atom. The first-order valence-electron chi connectivity index (χ1n) is 6.15. The molecule has 17 heavy (non-hydrogen) atoms. The van der Waals surface area contributed by atoms with E-state index < -0.39 is 0 Å². The van der Waals surface area contributed by atoms with Gasteiger partial charge in [0.15, 0.2) is 0 Å². The Hall–Kier alpha value is -1.61. The first-order valence-corrected chi connectivity index (χ1v) is 6.15. The first kappa shape index (κ1) is 10.5. The highest BCUT2D eigenvalue weighted by Gasteiger charge is 2.19. The zero-order chi connectivity index (χ0) is 11.7. The Bertz CT molecular complexity index is 501. The number of likely N-dealkylation sites (N-methyl/N-ethyl adjacent to an activating group) is 1. The normalized spacial score (nSPS) is 19.0. The molecule has 0 radical (unpaired) electrons. The summed E-state index contributed by atoms with van der Waals surface area (Å²) in [6.45, 7) is 1.07.